The molecule has 0 radical (unpaired) electrons. The van der Waals surface area contributed by atoms with Gasteiger partial charge in [0.05, 0.1) is 12.8 Å². The Hall–Kier alpha value is -2.50. The predicted octanol–water partition coefficient (Wildman–Crippen LogP) is 0.857. The molecule has 4 N–H and O–H groups in total. The van der Waals surface area contributed by atoms with Gasteiger partial charge in [0.15, 0.2) is 0 Å². The number of ether oxygens (including phenoxy) is 1. The molecule has 19 heavy (non-hydrogen) atoms. The van der Waals surface area contributed by atoms with Crippen LogP contribution in [-0.4, -0.2) is 22.7 Å². The van der Waals surface area contributed by atoms with E-state index in [-0.39, 0.29) is 5.91 Å². The second kappa shape index (κ2) is 4.64. The van der Waals surface area contributed by atoms with Crippen molar-refractivity contribution in [2.75, 3.05) is 12.3 Å². The lowest BCUT2D eigenvalue weighted by molar-refractivity contribution is 0.0951. The summed E-state index contributed by atoms with van der Waals surface area (Å²) in [7, 11) is 0. The Kier molecular flexibility index (Phi) is 2.83. The molecule has 1 aliphatic heterocycles. The summed E-state index contributed by atoms with van der Waals surface area (Å²) in [4.78, 5) is 12.0. The number of carbonyl (C=O) groups is 1. The first kappa shape index (κ1) is 11.6. The second-order valence-electron chi connectivity index (χ2n) is 4.41. The first-order chi connectivity index (χ1) is 9.24. The van der Waals surface area contributed by atoms with Gasteiger partial charge in [-0.1, -0.05) is 0 Å². The zero-order valence-electron chi connectivity index (χ0n) is 10.3. The summed E-state index contributed by atoms with van der Waals surface area (Å²) in [6.45, 7) is 1.04. The quantitative estimate of drug-likeness (QED) is 0.761. The smallest absolute Gasteiger partial charge is 0.251 e. The fraction of sp³-hybridized carbons (Fsp3) is 0.231. The fourth-order valence-electron chi connectivity index (χ4n) is 2.07. The molecule has 98 valence electrons. The summed E-state index contributed by atoms with van der Waals surface area (Å²) >= 11 is 0. The van der Waals surface area contributed by atoms with Crippen LogP contribution < -0.4 is 15.8 Å². The Labute approximate surface area is 110 Å². The maximum Gasteiger partial charge on any atom is 0.251 e. The molecule has 3 rings (SSSR count). The highest BCUT2D eigenvalue weighted by atomic mass is 16.5. The van der Waals surface area contributed by atoms with Gasteiger partial charge in [-0.3, -0.25) is 9.89 Å². The minimum absolute atomic E-state index is 0.129. The van der Waals surface area contributed by atoms with Crippen LogP contribution in [-0.2, 0) is 13.0 Å². The predicted molar refractivity (Wildman–Crippen MR) is 69.8 cm³/mol. The number of aromatic nitrogens is 2. The molecule has 0 atom stereocenters. The van der Waals surface area contributed by atoms with E-state index in [0.29, 0.717) is 24.5 Å². The average molecular weight is 258 g/mol. The van der Waals surface area contributed by atoms with Crippen molar-refractivity contribution in [3.8, 4) is 5.75 Å². The Balaban J connectivity index is 1.69. The topological polar surface area (TPSA) is 93.0 Å². The van der Waals surface area contributed by atoms with E-state index in [1.54, 1.807) is 12.3 Å². The summed E-state index contributed by atoms with van der Waals surface area (Å²) in [5.41, 5.74) is 8.14. The highest BCUT2D eigenvalue weighted by Crippen LogP contribution is 2.25. The number of rotatable bonds is 3. The van der Waals surface area contributed by atoms with Crippen molar-refractivity contribution < 1.29 is 9.53 Å². The van der Waals surface area contributed by atoms with Crippen molar-refractivity contribution in [3.05, 3.63) is 41.1 Å². The maximum atomic E-state index is 12.0. The molecule has 1 aliphatic rings. The normalized spacial score (nSPS) is 12.8. The third-order valence-electron chi connectivity index (χ3n) is 3.14. The molecular formula is C13H14N4O2. The van der Waals surface area contributed by atoms with Gasteiger partial charge >= 0.3 is 0 Å². The average Bonchev–Trinajstić information content (AvgIpc) is 3.03. The number of H-pyrrole nitrogens is 1. The van der Waals surface area contributed by atoms with Crippen LogP contribution in [0.4, 0.5) is 5.82 Å². The Bertz CT molecular complexity index is 621. The molecule has 2 heterocycles. The largest absolute Gasteiger partial charge is 0.493 e. The summed E-state index contributed by atoms with van der Waals surface area (Å²) < 4.78 is 5.41. The summed E-state index contributed by atoms with van der Waals surface area (Å²) in [6.07, 6.45) is 2.46. The molecule has 0 saturated carbocycles. The molecule has 0 bridgehead atoms. The third-order valence-corrected chi connectivity index (χ3v) is 3.14. The number of nitrogens with zero attached hydrogens (tertiary/aromatic N) is 1. The third kappa shape index (κ3) is 2.24. The summed E-state index contributed by atoms with van der Waals surface area (Å²) in [5, 5.41) is 9.24. The van der Waals surface area contributed by atoms with Crippen molar-refractivity contribution in [1.82, 2.24) is 15.5 Å². The van der Waals surface area contributed by atoms with Gasteiger partial charge in [0, 0.05) is 24.1 Å². The summed E-state index contributed by atoms with van der Waals surface area (Å²) in [5.74, 6) is 1.22. The number of hydrogen-bond acceptors (Lipinski definition) is 4. The van der Waals surface area contributed by atoms with Crippen LogP contribution in [0.15, 0.2) is 24.4 Å². The van der Waals surface area contributed by atoms with Gasteiger partial charge in [0.2, 0.25) is 0 Å². The minimum Gasteiger partial charge on any atom is -0.493 e. The lowest BCUT2D eigenvalue weighted by atomic mass is 10.1. The van der Waals surface area contributed by atoms with E-state index in [2.05, 4.69) is 15.5 Å². The van der Waals surface area contributed by atoms with Gasteiger partial charge < -0.3 is 15.8 Å². The number of nitrogen functional groups attached to an aromatic ring is 1. The van der Waals surface area contributed by atoms with E-state index >= 15 is 0 Å². The lowest BCUT2D eigenvalue weighted by Crippen LogP contribution is -2.23. The van der Waals surface area contributed by atoms with Crippen LogP contribution in [0.25, 0.3) is 0 Å². The maximum absolute atomic E-state index is 12.0. The molecule has 0 saturated heterocycles. The highest BCUT2D eigenvalue weighted by Gasteiger charge is 2.15. The minimum atomic E-state index is -0.129. The van der Waals surface area contributed by atoms with Crippen molar-refractivity contribution in [2.24, 2.45) is 0 Å². The molecule has 0 fully saturated rings. The van der Waals surface area contributed by atoms with Gasteiger partial charge in [-0.15, -0.1) is 0 Å². The molecule has 6 heteroatoms. The van der Waals surface area contributed by atoms with E-state index in [0.717, 1.165) is 23.3 Å². The van der Waals surface area contributed by atoms with Gasteiger partial charge in [-0.05, 0) is 23.8 Å². The van der Waals surface area contributed by atoms with Crippen molar-refractivity contribution >= 4 is 11.7 Å². The van der Waals surface area contributed by atoms with Crippen molar-refractivity contribution in [1.29, 1.82) is 0 Å². The van der Waals surface area contributed by atoms with Gasteiger partial charge in [-0.2, -0.15) is 5.10 Å². The van der Waals surface area contributed by atoms with Crippen LogP contribution in [0.2, 0.25) is 0 Å². The van der Waals surface area contributed by atoms with Gasteiger partial charge in [0.25, 0.3) is 5.91 Å². The van der Waals surface area contributed by atoms with Crippen molar-refractivity contribution in [2.45, 2.75) is 13.0 Å². The van der Waals surface area contributed by atoms with E-state index in [1.807, 2.05) is 12.1 Å². The Morgan fingerprint density at radius 3 is 3.21 bits per heavy atom. The number of anilines is 1. The number of aromatic amines is 1. The SMILES string of the molecule is Nc1[nH]ncc1CNC(=O)c1ccc2c(c1)CCO2. The number of carbonyl (C=O) groups excluding carboxylic acids is 1. The van der Waals surface area contributed by atoms with Gasteiger partial charge in [0.1, 0.15) is 11.6 Å². The number of nitrogens with one attached hydrogen (secondary N) is 2. The molecule has 0 aliphatic carbocycles. The van der Waals surface area contributed by atoms with Crippen LogP contribution in [0.3, 0.4) is 0 Å². The van der Waals surface area contributed by atoms with Gasteiger partial charge in [-0.25, -0.2) is 0 Å². The molecule has 2 aromatic rings. The number of nitrogens with two attached hydrogens (primary N) is 1. The number of benzene rings is 1. The van der Waals surface area contributed by atoms with Crippen LogP contribution in [0.5, 0.6) is 5.75 Å². The molecule has 1 aromatic carbocycles. The number of hydrogen-bond donors (Lipinski definition) is 3. The van der Waals surface area contributed by atoms with E-state index in [9.17, 15) is 4.79 Å². The van der Waals surface area contributed by atoms with Crippen molar-refractivity contribution in [3.63, 3.8) is 0 Å². The first-order valence-electron chi connectivity index (χ1n) is 6.05. The van der Waals surface area contributed by atoms with Crippen LogP contribution >= 0.6 is 0 Å². The highest BCUT2D eigenvalue weighted by molar-refractivity contribution is 5.94. The van der Waals surface area contributed by atoms with Crippen LogP contribution in [0.1, 0.15) is 21.5 Å². The molecule has 0 spiro atoms. The molecule has 6 nitrogen and oxygen atoms in total. The molecular weight excluding hydrogens is 244 g/mol. The monoisotopic (exact) mass is 258 g/mol. The van der Waals surface area contributed by atoms with E-state index < -0.39 is 0 Å². The summed E-state index contributed by atoms with van der Waals surface area (Å²) in [6, 6.07) is 5.47. The first-order valence-corrected chi connectivity index (χ1v) is 6.05. The molecule has 1 aromatic heterocycles. The standard InChI is InChI=1S/C13H14N4O2/c14-12-10(7-16-17-12)6-15-13(18)9-1-2-11-8(5-9)3-4-19-11/h1-2,5,7H,3-4,6H2,(H,15,18)(H3,14,16,17). The Morgan fingerprint density at radius 2 is 2.42 bits per heavy atom. The second-order valence-corrected chi connectivity index (χ2v) is 4.41. The lowest BCUT2D eigenvalue weighted by Gasteiger charge is -2.06. The zero-order chi connectivity index (χ0) is 13.2. The zero-order valence-corrected chi connectivity index (χ0v) is 10.3. The number of amides is 1. The molecule has 1 amide bonds. The fourth-order valence-corrected chi connectivity index (χ4v) is 2.07. The van der Waals surface area contributed by atoms with E-state index in [4.69, 9.17) is 10.5 Å². The van der Waals surface area contributed by atoms with Crippen LogP contribution in [0, 0.1) is 0 Å². The molecule has 0 unspecified atom stereocenters. The Morgan fingerprint density at radius 1 is 1.53 bits per heavy atom. The van der Waals surface area contributed by atoms with E-state index in [1.165, 1.54) is 0 Å². The number of fused-ring (bicyclic) bond motifs is 1.